The van der Waals surface area contributed by atoms with Crippen molar-refractivity contribution in [1.82, 2.24) is 14.9 Å². The van der Waals surface area contributed by atoms with E-state index in [-0.39, 0.29) is 10.6 Å². The van der Waals surface area contributed by atoms with Gasteiger partial charge in [-0.3, -0.25) is 15.0 Å². The van der Waals surface area contributed by atoms with Crippen molar-refractivity contribution in [2.24, 2.45) is 0 Å². The number of benzene rings is 1. The van der Waals surface area contributed by atoms with Gasteiger partial charge in [0.1, 0.15) is 0 Å². The summed E-state index contributed by atoms with van der Waals surface area (Å²) in [5.41, 5.74) is 3.10. The van der Waals surface area contributed by atoms with Crippen molar-refractivity contribution >= 4 is 17.0 Å². The lowest BCUT2D eigenvalue weighted by molar-refractivity contribution is -0.385. The third kappa shape index (κ3) is 3.29. The molecule has 0 unspecified atom stereocenters. The Morgan fingerprint density at radius 2 is 2.12 bits per heavy atom. The quantitative estimate of drug-likeness (QED) is 0.529. The summed E-state index contributed by atoms with van der Waals surface area (Å²) in [5, 5.41) is 13.2. The number of hydrogen-bond donors (Lipinski definition) is 0. The van der Waals surface area contributed by atoms with Gasteiger partial charge in [-0.25, -0.2) is 9.97 Å². The summed E-state index contributed by atoms with van der Waals surface area (Å²) in [4.78, 5) is 23.3. The Labute approximate surface area is 148 Å². The molecule has 0 fully saturated rings. The van der Waals surface area contributed by atoms with Gasteiger partial charge in [0.25, 0.3) is 5.69 Å². The molecule has 1 aliphatic rings. The molecule has 6 nitrogen and oxygen atoms in total. The minimum absolute atomic E-state index is 0.178. The van der Waals surface area contributed by atoms with Crippen LogP contribution >= 0.6 is 11.3 Å². The highest BCUT2D eigenvalue weighted by Crippen LogP contribution is 2.26. The summed E-state index contributed by atoms with van der Waals surface area (Å²) in [7, 11) is 0. The third-order valence-corrected chi connectivity index (χ3v) is 5.20. The summed E-state index contributed by atoms with van der Waals surface area (Å²) < 4.78 is 0. The van der Waals surface area contributed by atoms with Crippen molar-refractivity contribution in [2.75, 3.05) is 6.54 Å². The highest BCUT2D eigenvalue weighted by molar-refractivity contribution is 7.13. The second-order valence-corrected chi connectivity index (χ2v) is 6.94. The molecule has 4 rings (SSSR count). The van der Waals surface area contributed by atoms with Crippen LogP contribution in [0.4, 0.5) is 5.69 Å². The average molecular weight is 352 g/mol. The van der Waals surface area contributed by atoms with Gasteiger partial charge in [-0.05, 0) is 11.4 Å². The molecule has 0 N–H and O–H groups in total. The van der Waals surface area contributed by atoms with E-state index in [4.69, 9.17) is 4.98 Å². The van der Waals surface area contributed by atoms with Crippen LogP contribution in [0.1, 0.15) is 16.8 Å². The molecule has 2 aromatic heterocycles. The lowest BCUT2D eigenvalue weighted by Crippen LogP contribution is -2.31. The van der Waals surface area contributed by atoms with Crippen molar-refractivity contribution < 1.29 is 4.92 Å². The Bertz CT molecular complexity index is 911. The molecule has 3 aromatic rings. The predicted molar refractivity (Wildman–Crippen MR) is 96.3 cm³/mol. The average Bonchev–Trinajstić information content (AvgIpc) is 3.16. The predicted octanol–water partition coefficient (Wildman–Crippen LogP) is 3.67. The van der Waals surface area contributed by atoms with Gasteiger partial charge < -0.3 is 0 Å². The fourth-order valence-electron chi connectivity index (χ4n) is 3.10. The van der Waals surface area contributed by atoms with E-state index in [1.807, 2.05) is 35.8 Å². The number of para-hydroxylation sites is 1. The first-order chi connectivity index (χ1) is 12.2. The highest BCUT2D eigenvalue weighted by atomic mass is 32.1. The van der Waals surface area contributed by atoms with E-state index in [2.05, 4.69) is 9.88 Å². The van der Waals surface area contributed by atoms with Gasteiger partial charge in [0.2, 0.25) is 0 Å². The summed E-state index contributed by atoms with van der Waals surface area (Å²) in [6, 6.07) is 10.9. The zero-order chi connectivity index (χ0) is 17.2. The van der Waals surface area contributed by atoms with Crippen LogP contribution in [0.2, 0.25) is 0 Å². The minimum atomic E-state index is -0.316. The van der Waals surface area contributed by atoms with Gasteiger partial charge in [0.05, 0.1) is 15.5 Å². The second kappa shape index (κ2) is 6.70. The smallest absolute Gasteiger partial charge is 0.273 e. The third-order valence-electron chi connectivity index (χ3n) is 4.34. The monoisotopic (exact) mass is 352 g/mol. The lowest BCUT2D eigenvalue weighted by atomic mass is 10.1. The molecule has 0 bridgehead atoms. The highest BCUT2D eigenvalue weighted by Gasteiger charge is 2.21. The first kappa shape index (κ1) is 15.9. The Hall–Kier alpha value is -2.64. The van der Waals surface area contributed by atoms with Gasteiger partial charge in [-0.15, -0.1) is 11.3 Å². The van der Waals surface area contributed by atoms with E-state index in [0.29, 0.717) is 13.1 Å². The number of rotatable bonds is 4. The lowest BCUT2D eigenvalue weighted by Gasteiger charge is -2.27. The number of thiophene rings is 1. The first-order valence-electron chi connectivity index (χ1n) is 8.04. The summed E-state index contributed by atoms with van der Waals surface area (Å²) >= 11 is 1.63. The molecule has 0 spiro atoms. The number of fused-ring (bicyclic) bond motifs is 1. The Balaban J connectivity index is 1.53. The van der Waals surface area contributed by atoms with Crippen LogP contribution in [0.15, 0.2) is 48.0 Å². The molecule has 7 heteroatoms. The fraction of sp³-hybridized carbons (Fsp3) is 0.222. The number of nitro benzene ring substituents is 1. The van der Waals surface area contributed by atoms with Gasteiger partial charge in [-0.1, -0.05) is 24.3 Å². The molecule has 1 aromatic carbocycles. The molecular weight excluding hydrogens is 336 g/mol. The zero-order valence-electron chi connectivity index (χ0n) is 13.5. The SMILES string of the molecule is O=[N+]([O-])c1ccccc1CN1CCc2nc(-c3cccs3)ncc2C1. The second-order valence-electron chi connectivity index (χ2n) is 5.99. The van der Waals surface area contributed by atoms with E-state index < -0.39 is 0 Å². The summed E-state index contributed by atoms with van der Waals surface area (Å²) in [5.74, 6) is 0.779. The maximum absolute atomic E-state index is 11.2. The topological polar surface area (TPSA) is 72.2 Å². The van der Waals surface area contributed by atoms with Gasteiger partial charge in [0.15, 0.2) is 5.82 Å². The molecular formula is C18H16N4O2S. The Kier molecular flexibility index (Phi) is 4.25. The Morgan fingerprint density at radius 1 is 1.24 bits per heavy atom. The Morgan fingerprint density at radius 3 is 2.92 bits per heavy atom. The van der Waals surface area contributed by atoms with Crippen molar-refractivity contribution in [3.63, 3.8) is 0 Å². The van der Waals surface area contributed by atoms with Crippen LogP contribution < -0.4 is 0 Å². The van der Waals surface area contributed by atoms with Crippen LogP contribution in [-0.4, -0.2) is 26.3 Å². The molecule has 126 valence electrons. The van der Waals surface area contributed by atoms with Gasteiger partial charge in [0, 0.05) is 49.4 Å². The minimum Gasteiger partial charge on any atom is -0.294 e. The van der Waals surface area contributed by atoms with Crippen LogP contribution in [0.3, 0.4) is 0 Å². The van der Waals surface area contributed by atoms with Crippen LogP contribution in [-0.2, 0) is 19.5 Å². The molecule has 0 radical (unpaired) electrons. The summed E-state index contributed by atoms with van der Waals surface area (Å²) in [6.07, 6.45) is 2.72. The van der Waals surface area contributed by atoms with Crippen molar-refractivity contribution in [3.05, 3.63) is 74.9 Å². The van der Waals surface area contributed by atoms with Crippen molar-refractivity contribution in [3.8, 4) is 10.7 Å². The van der Waals surface area contributed by atoms with Gasteiger partial charge >= 0.3 is 0 Å². The zero-order valence-corrected chi connectivity index (χ0v) is 14.3. The van der Waals surface area contributed by atoms with Gasteiger partial charge in [-0.2, -0.15) is 0 Å². The van der Waals surface area contributed by atoms with E-state index in [9.17, 15) is 10.1 Å². The molecule has 3 heterocycles. The van der Waals surface area contributed by atoms with Crippen LogP contribution in [0, 0.1) is 10.1 Å². The fourth-order valence-corrected chi connectivity index (χ4v) is 3.76. The summed E-state index contributed by atoms with van der Waals surface area (Å²) in [6.45, 7) is 2.11. The molecule has 25 heavy (non-hydrogen) atoms. The standard InChI is InChI=1S/C18H16N4O2S/c23-22(24)16-5-2-1-4-13(16)11-21-8-7-15-14(12-21)10-19-18(20-15)17-6-3-9-25-17/h1-6,9-10H,7-8,11-12H2. The number of aromatic nitrogens is 2. The molecule has 0 aliphatic carbocycles. The maximum atomic E-state index is 11.2. The van der Waals surface area contributed by atoms with Crippen molar-refractivity contribution in [1.29, 1.82) is 0 Å². The molecule has 1 aliphatic heterocycles. The normalized spacial score (nSPS) is 14.2. The number of nitrogens with zero attached hydrogens (tertiary/aromatic N) is 4. The molecule has 0 saturated heterocycles. The maximum Gasteiger partial charge on any atom is 0.273 e. The molecule has 0 atom stereocenters. The molecule has 0 amide bonds. The van der Waals surface area contributed by atoms with Crippen LogP contribution in [0.5, 0.6) is 0 Å². The van der Waals surface area contributed by atoms with E-state index in [1.54, 1.807) is 23.5 Å². The first-order valence-corrected chi connectivity index (χ1v) is 8.92. The van der Waals surface area contributed by atoms with E-state index in [1.165, 1.54) is 0 Å². The van der Waals surface area contributed by atoms with E-state index in [0.717, 1.165) is 40.5 Å². The number of hydrogen-bond acceptors (Lipinski definition) is 6. The largest absolute Gasteiger partial charge is 0.294 e. The van der Waals surface area contributed by atoms with Crippen molar-refractivity contribution in [2.45, 2.75) is 19.5 Å². The number of nitro groups is 1. The van der Waals surface area contributed by atoms with Crippen LogP contribution in [0.25, 0.3) is 10.7 Å². The molecule has 0 saturated carbocycles. The van der Waals surface area contributed by atoms with E-state index >= 15 is 0 Å².